The summed E-state index contributed by atoms with van der Waals surface area (Å²) in [4.78, 5) is 26.5. The van der Waals surface area contributed by atoms with Gasteiger partial charge in [-0.1, -0.05) is 33.6 Å². The third kappa shape index (κ3) is 6.16. The highest BCUT2D eigenvalue weighted by Gasteiger charge is 2.28. The summed E-state index contributed by atoms with van der Waals surface area (Å²) in [5.41, 5.74) is 2.51. The summed E-state index contributed by atoms with van der Waals surface area (Å²) >= 11 is 3.39. The van der Waals surface area contributed by atoms with Gasteiger partial charge in [0.1, 0.15) is 0 Å². The van der Waals surface area contributed by atoms with Gasteiger partial charge in [-0.2, -0.15) is 4.31 Å². The first-order valence-corrected chi connectivity index (χ1v) is 12.5. The molecule has 1 saturated heterocycles. The van der Waals surface area contributed by atoms with Crippen LogP contribution in [0.3, 0.4) is 0 Å². The van der Waals surface area contributed by atoms with Crippen molar-refractivity contribution < 1.29 is 18.0 Å². The third-order valence-electron chi connectivity index (χ3n) is 5.33. The average molecular weight is 523 g/mol. The summed E-state index contributed by atoms with van der Waals surface area (Å²) in [6.07, 6.45) is 0. The fourth-order valence-electron chi connectivity index (χ4n) is 3.37. The maximum atomic E-state index is 12.8. The lowest BCUT2D eigenvalue weighted by Gasteiger charge is -2.33. The van der Waals surface area contributed by atoms with Crippen molar-refractivity contribution in [3.63, 3.8) is 0 Å². The van der Waals surface area contributed by atoms with E-state index in [1.807, 2.05) is 19.9 Å². The number of nitrogens with one attached hydrogen (secondary N) is 2. The predicted molar refractivity (Wildman–Crippen MR) is 127 cm³/mol. The van der Waals surface area contributed by atoms with Crippen LogP contribution in [0.25, 0.3) is 0 Å². The van der Waals surface area contributed by atoms with Crippen LogP contribution in [0.4, 0.5) is 5.69 Å². The Labute approximate surface area is 197 Å². The van der Waals surface area contributed by atoms with E-state index in [-0.39, 0.29) is 0 Å². The predicted octanol–water partition coefficient (Wildman–Crippen LogP) is 2.13. The molecular formula is C22H27BrN4O4S. The van der Waals surface area contributed by atoms with Crippen molar-refractivity contribution in [2.75, 3.05) is 44.6 Å². The van der Waals surface area contributed by atoms with Crippen molar-refractivity contribution in [1.82, 2.24) is 14.5 Å². The first-order valence-electron chi connectivity index (χ1n) is 10.3. The van der Waals surface area contributed by atoms with Gasteiger partial charge in [0.25, 0.3) is 0 Å². The molecule has 8 nitrogen and oxygen atoms in total. The van der Waals surface area contributed by atoms with Crippen LogP contribution in [0.15, 0.2) is 51.8 Å². The molecule has 0 atom stereocenters. The number of nitrogens with zero attached hydrogens (tertiary/aromatic N) is 2. The average Bonchev–Trinajstić information content (AvgIpc) is 2.77. The second-order valence-electron chi connectivity index (χ2n) is 7.73. The van der Waals surface area contributed by atoms with Crippen LogP contribution in [-0.4, -0.2) is 68.7 Å². The molecule has 0 aromatic heterocycles. The Hall–Kier alpha value is -2.27. The number of hydrogen-bond donors (Lipinski definition) is 2. The Morgan fingerprint density at radius 1 is 0.969 bits per heavy atom. The van der Waals surface area contributed by atoms with Gasteiger partial charge in [0.05, 0.1) is 4.90 Å². The number of aryl methyl sites for hydroxylation is 2. The van der Waals surface area contributed by atoms with Crippen LogP contribution in [0.5, 0.6) is 0 Å². The van der Waals surface area contributed by atoms with E-state index in [2.05, 4.69) is 31.5 Å². The Bertz CT molecular complexity index is 1080. The minimum absolute atomic E-state index is 0.302. The van der Waals surface area contributed by atoms with Crippen LogP contribution < -0.4 is 10.6 Å². The third-order valence-corrected chi connectivity index (χ3v) is 8.13. The standard InChI is InChI=1S/C22H27BrN4O4S/c1-16-3-6-19(7-4-16)32(30,31)27-13-11-26(12-14-27)10-9-24-21(28)22(29)25-18-5-8-20(23)17(2)15-18/h3-8,15H,9-14H2,1-2H3,(H,24,28)(H,25,29). The summed E-state index contributed by atoms with van der Waals surface area (Å²) in [5, 5.41) is 5.20. The van der Waals surface area contributed by atoms with Gasteiger partial charge in [-0.15, -0.1) is 0 Å². The Balaban J connectivity index is 1.42. The topological polar surface area (TPSA) is 98.8 Å². The van der Waals surface area contributed by atoms with Crippen molar-refractivity contribution in [3.05, 3.63) is 58.1 Å². The molecule has 0 aliphatic carbocycles. The van der Waals surface area contributed by atoms with Gasteiger partial charge in [0.2, 0.25) is 10.0 Å². The molecule has 32 heavy (non-hydrogen) atoms. The van der Waals surface area contributed by atoms with Gasteiger partial charge < -0.3 is 10.6 Å². The van der Waals surface area contributed by atoms with Crippen LogP contribution in [0.1, 0.15) is 11.1 Å². The number of piperazine rings is 1. The first kappa shape index (κ1) is 24.4. The van der Waals surface area contributed by atoms with Crippen molar-refractivity contribution >= 4 is 43.5 Å². The molecule has 3 rings (SSSR count). The van der Waals surface area contributed by atoms with Gasteiger partial charge in [-0.25, -0.2) is 8.42 Å². The lowest BCUT2D eigenvalue weighted by atomic mass is 10.2. The van der Waals surface area contributed by atoms with E-state index < -0.39 is 21.8 Å². The lowest BCUT2D eigenvalue weighted by Crippen LogP contribution is -2.50. The molecule has 1 fully saturated rings. The highest BCUT2D eigenvalue weighted by molar-refractivity contribution is 9.10. The monoisotopic (exact) mass is 522 g/mol. The van der Waals surface area contributed by atoms with Crippen LogP contribution in [0.2, 0.25) is 0 Å². The van der Waals surface area contributed by atoms with Crippen molar-refractivity contribution in [3.8, 4) is 0 Å². The molecule has 0 saturated carbocycles. The quantitative estimate of drug-likeness (QED) is 0.566. The van der Waals surface area contributed by atoms with E-state index in [0.29, 0.717) is 49.9 Å². The summed E-state index contributed by atoms with van der Waals surface area (Å²) < 4.78 is 28.0. The van der Waals surface area contributed by atoms with E-state index in [0.717, 1.165) is 15.6 Å². The Kier molecular flexibility index (Phi) is 8.05. The summed E-state index contributed by atoms with van der Waals surface area (Å²) in [5.74, 6) is -1.42. The van der Waals surface area contributed by atoms with Crippen molar-refractivity contribution in [2.24, 2.45) is 0 Å². The molecule has 2 amide bonds. The van der Waals surface area contributed by atoms with E-state index in [4.69, 9.17) is 0 Å². The fraction of sp³-hybridized carbons (Fsp3) is 0.364. The summed E-state index contributed by atoms with van der Waals surface area (Å²) in [7, 11) is -3.50. The minimum Gasteiger partial charge on any atom is -0.347 e. The largest absolute Gasteiger partial charge is 0.347 e. The second-order valence-corrected chi connectivity index (χ2v) is 10.5. The van der Waals surface area contributed by atoms with Crippen LogP contribution in [-0.2, 0) is 19.6 Å². The van der Waals surface area contributed by atoms with Crippen molar-refractivity contribution in [1.29, 1.82) is 0 Å². The van der Waals surface area contributed by atoms with Gasteiger partial charge in [0, 0.05) is 49.4 Å². The van der Waals surface area contributed by atoms with E-state index in [1.54, 1.807) is 36.4 Å². The molecule has 0 bridgehead atoms. The Morgan fingerprint density at radius 3 is 2.25 bits per heavy atom. The zero-order valence-corrected chi connectivity index (χ0v) is 20.5. The summed E-state index contributed by atoms with van der Waals surface area (Å²) in [6, 6.07) is 12.1. The number of sulfonamides is 1. The molecule has 1 aliphatic rings. The highest BCUT2D eigenvalue weighted by atomic mass is 79.9. The second kappa shape index (κ2) is 10.6. The van der Waals surface area contributed by atoms with Crippen molar-refractivity contribution in [2.45, 2.75) is 18.7 Å². The fourth-order valence-corrected chi connectivity index (χ4v) is 5.04. The first-order chi connectivity index (χ1) is 15.2. The normalized spacial score (nSPS) is 15.3. The number of benzene rings is 2. The molecule has 2 aromatic rings. The lowest BCUT2D eigenvalue weighted by molar-refractivity contribution is -0.136. The minimum atomic E-state index is -3.50. The van der Waals surface area contributed by atoms with Crippen LogP contribution in [0, 0.1) is 13.8 Å². The molecule has 1 aliphatic heterocycles. The highest BCUT2D eigenvalue weighted by Crippen LogP contribution is 2.20. The number of hydrogen-bond acceptors (Lipinski definition) is 5. The van der Waals surface area contributed by atoms with Gasteiger partial charge in [0.15, 0.2) is 0 Å². The van der Waals surface area contributed by atoms with E-state index in [1.165, 1.54) is 4.31 Å². The maximum Gasteiger partial charge on any atom is 0.313 e. The SMILES string of the molecule is Cc1ccc(S(=O)(=O)N2CCN(CCNC(=O)C(=O)Nc3ccc(Br)c(C)c3)CC2)cc1. The number of carbonyl (C=O) groups is 2. The van der Waals surface area contributed by atoms with E-state index in [9.17, 15) is 18.0 Å². The van der Waals surface area contributed by atoms with Gasteiger partial charge in [-0.3, -0.25) is 14.5 Å². The molecule has 1 heterocycles. The number of halogens is 1. The number of anilines is 1. The maximum absolute atomic E-state index is 12.8. The number of amides is 2. The Morgan fingerprint density at radius 2 is 1.62 bits per heavy atom. The molecule has 172 valence electrons. The van der Waals surface area contributed by atoms with Gasteiger partial charge in [-0.05, 0) is 49.7 Å². The zero-order chi connectivity index (χ0) is 23.3. The summed E-state index contributed by atoms with van der Waals surface area (Å²) in [6.45, 7) is 6.54. The molecule has 2 N–H and O–H groups in total. The van der Waals surface area contributed by atoms with E-state index >= 15 is 0 Å². The molecule has 10 heteroatoms. The number of rotatable bonds is 6. The van der Waals surface area contributed by atoms with Crippen LogP contribution >= 0.6 is 15.9 Å². The number of carbonyl (C=O) groups excluding carboxylic acids is 2. The molecule has 0 radical (unpaired) electrons. The van der Waals surface area contributed by atoms with Gasteiger partial charge >= 0.3 is 11.8 Å². The molecular weight excluding hydrogens is 496 g/mol. The molecule has 2 aromatic carbocycles. The zero-order valence-electron chi connectivity index (χ0n) is 18.1. The molecule has 0 unspecified atom stereocenters. The smallest absolute Gasteiger partial charge is 0.313 e. The molecule has 0 spiro atoms.